The Morgan fingerprint density at radius 3 is 2.33 bits per heavy atom. The molecule has 0 aliphatic heterocycles. The van der Waals surface area contributed by atoms with Crippen LogP contribution in [0.4, 0.5) is 5.13 Å². The SMILES string of the molecule is C/C(=N/Nc1nc(-c2ccc(C)c(C)c2)c(-c2ccccc2)s1)c1ccc(Cl)cc1. The van der Waals surface area contributed by atoms with Gasteiger partial charge in [0.25, 0.3) is 0 Å². The lowest BCUT2D eigenvalue weighted by molar-refractivity contribution is 1.27. The van der Waals surface area contributed by atoms with Crippen molar-refractivity contribution in [3.63, 3.8) is 0 Å². The van der Waals surface area contributed by atoms with Gasteiger partial charge in [-0.15, -0.1) is 0 Å². The molecule has 5 heteroatoms. The molecule has 1 heterocycles. The lowest BCUT2D eigenvalue weighted by Gasteiger charge is -2.05. The van der Waals surface area contributed by atoms with E-state index in [1.54, 1.807) is 11.3 Å². The predicted octanol–water partition coefficient (Wildman–Crippen LogP) is 7.58. The number of rotatable bonds is 5. The van der Waals surface area contributed by atoms with Gasteiger partial charge in [-0.05, 0) is 61.2 Å². The second-order valence-electron chi connectivity index (χ2n) is 7.18. The van der Waals surface area contributed by atoms with Crippen molar-refractivity contribution in [2.75, 3.05) is 5.43 Å². The Labute approximate surface area is 186 Å². The Kier molecular flexibility index (Phi) is 5.98. The monoisotopic (exact) mass is 431 g/mol. The molecule has 3 aromatic carbocycles. The summed E-state index contributed by atoms with van der Waals surface area (Å²) in [4.78, 5) is 6.01. The highest BCUT2D eigenvalue weighted by atomic mass is 35.5. The minimum absolute atomic E-state index is 0.713. The van der Waals surface area contributed by atoms with E-state index in [2.05, 4.69) is 66.8 Å². The van der Waals surface area contributed by atoms with Gasteiger partial charge in [-0.25, -0.2) is 4.98 Å². The zero-order valence-corrected chi connectivity index (χ0v) is 18.7. The third-order valence-electron chi connectivity index (χ3n) is 5.02. The van der Waals surface area contributed by atoms with Gasteiger partial charge in [0.15, 0.2) is 0 Å². The van der Waals surface area contributed by atoms with Crippen LogP contribution in [-0.4, -0.2) is 10.7 Å². The lowest BCUT2D eigenvalue weighted by Crippen LogP contribution is -1.99. The van der Waals surface area contributed by atoms with Gasteiger partial charge in [-0.2, -0.15) is 5.10 Å². The summed E-state index contributed by atoms with van der Waals surface area (Å²) < 4.78 is 0. The van der Waals surface area contributed by atoms with E-state index in [4.69, 9.17) is 16.6 Å². The highest BCUT2D eigenvalue weighted by Gasteiger charge is 2.15. The molecule has 0 atom stereocenters. The smallest absolute Gasteiger partial charge is 0.204 e. The number of hydrogen-bond acceptors (Lipinski definition) is 4. The molecule has 0 fully saturated rings. The summed E-state index contributed by atoms with van der Waals surface area (Å²) in [5, 5.41) is 6.01. The van der Waals surface area contributed by atoms with Crippen LogP contribution in [0.2, 0.25) is 5.02 Å². The molecule has 0 saturated carbocycles. The first kappa shape index (κ1) is 20.3. The van der Waals surface area contributed by atoms with Gasteiger partial charge >= 0.3 is 0 Å². The number of nitrogens with zero attached hydrogens (tertiary/aromatic N) is 2. The molecule has 30 heavy (non-hydrogen) atoms. The summed E-state index contributed by atoms with van der Waals surface area (Å²) in [6, 6.07) is 24.5. The Morgan fingerprint density at radius 1 is 0.900 bits per heavy atom. The number of hydrogen-bond donors (Lipinski definition) is 1. The van der Waals surface area contributed by atoms with Gasteiger partial charge in [0.1, 0.15) is 0 Å². The Balaban J connectivity index is 1.71. The minimum atomic E-state index is 0.713. The number of anilines is 1. The van der Waals surface area contributed by atoms with Crippen molar-refractivity contribution >= 4 is 33.8 Å². The summed E-state index contributed by atoms with van der Waals surface area (Å²) >= 11 is 7.59. The van der Waals surface area contributed by atoms with Gasteiger partial charge in [0.05, 0.1) is 16.3 Å². The first-order valence-corrected chi connectivity index (χ1v) is 10.9. The van der Waals surface area contributed by atoms with Crippen molar-refractivity contribution in [1.29, 1.82) is 0 Å². The van der Waals surface area contributed by atoms with Gasteiger partial charge < -0.3 is 0 Å². The largest absolute Gasteiger partial charge is 0.252 e. The van der Waals surface area contributed by atoms with E-state index in [1.807, 2.05) is 37.3 Å². The maximum absolute atomic E-state index is 5.98. The molecule has 4 rings (SSSR count). The fraction of sp³-hybridized carbons (Fsp3) is 0.120. The second kappa shape index (κ2) is 8.82. The van der Waals surface area contributed by atoms with Gasteiger partial charge in [0, 0.05) is 10.6 Å². The highest BCUT2D eigenvalue weighted by Crippen LogP contribution is 2.39. The van der Waals surface area contributed by atoms with E-state index >= 15 is 0 Å². The van der Waals surface area contributed by atoms with E-state index in [-0.39, 0.29) is 0 Å². The van der Waals surface area contributed by atoms with Crippen molar-refractivity contribution in [3.05, 3.63) is 94.5 Å². The van der Waals surface area contributed by atoms with Crippen LogP contribution in [0, 0.1) is 13.8 Å². The molecule has 0 spiro atoms. The van der Waals surface area contributed by atoms with Crippen molar-refractivity contribution in [1.82, 2.24) is 4.98 Å². The number of thiazole rings is 1. The zero-order valence-electron chi connectivity index (χ0n) is 17.1. The molecule has 1 aromatic heterocycles. The first-order valence-electron chi connectivity index (χ1n) is 9.71. The molecule has 0 saturated heterocycles. The molecule has 150 valence electrons. The lowest BCUT2D eigenvalue weighted by atomic mass is 10.0. The Morgan fingerprint density at radius 2 is 1.63 bits per heavy atom. The fourth-order valence-corrected chi connectivity index (χ4v) is 4.19. The molecule has 0 aliphatic rings. The second-order valence-corrected chi connectivity index (χ2v) is 8.61. The molecule has 0 unspecified atom stereocenters. The first-order chi connectivity index (χ1) is 14.5. The zero-order chi connectivity index (χ0) is 21.1. The maximum Gasteiger partial charge on any atom is 0.204 e. The number of nitrogens with one attached hydrogen (secondary N) is 1. The van der Waals surface area contributed by atoms with E-state index < -0.39 is 0 Å². The number of halogens is 1. The molecule has 0 bridgehead atoms. The van der Waals surface area contributed by atoms with Crippen LogP contribution >= 0.6 is 22.9 Å². The van der Waals surface area contributed by atoms with E-state index in [9.17, 15) is 0 Å². The normalized spacial score (nSPS) is 11.5. The topological polar surface area (TPSA) is 37.3 Å². The van der Waals surface area contributed by atoms with Crippen LogP contribution in [0.5, 0.6) is 0 Å². The average Bonchev–Trinajstić information content (AvgIpc) is 3.19. The standard InChI is InChI=1S/C25H22ClN3S/c1-16-9-10-21(15-17(16)2)23-24(20-7-5-4-6-8-20)30-25(27-23)29-28-18(3)19-11-13-22(26)14-12-19/h4-15H,1-3H3,(H,27,29)/b28-18-. The van der Waals surface area contributed by atoms with Crippen molar-refractivity contribution in [2.24, 2.45) is 5.10 Å². The van der Waals surface area contributed by atoms with Crippen LogP contribution in [0.3, 0.4) is 0 Å². The van der Waals surface area contributed by atoms with Crippen LogP contribution in [-0.2, 0) is 0 Å². The summed E-state index contributed by atoms with van der Waals surface area (Å²) in [7, 11) is 0. The number of benzene rings is 3. The summed E-state index contributed by atoms with van der Waals surface area (Å²) in [5.74, 6) is 0. The molecule has 0 radical (unpaired) electrons. The number of aromatic nitrogens is 1. The summed E-state index contributed by atoms with van der Waals surface area (Å²) in [5.41, 5.74) is 10.8. The molecular weight excluding hydrogens is 410 g/mol. The van der Waals surface area contributed by atoms with Crippen molar-refractivity contribution < 1.29 is 0 Å². The van der Waals surface area contributed by atoms with E-state index in [0.29, 0.717) is 5.02 Å². The Hall–Kier alpha value is -2.95. The molecule has 0 aliphatic carbocycles. The van der Waals surface area contributed by atoms with E-state index in [0.717, 1.165) is 38.1 Å². The molecule has 3 nitrogen and oxygen atoms in total. The summed E-state index contributed by atoms with van der Waals surface area (Å²) in [6.45, 7) is 6.22. The molecular formula is C25H22ClN3S. The fourth-order valence-electron chi connectivity index (χ4n) is 3.12. The predicted molar refractivity (Wildman–Crippen MR) is 130 cm³/mol. The van der Waals surface area contributed by atoms with Gasteiger partial charge in [-0.3, -0.25) is 5.43 Å². The van der Waals surface area contributed by atoms with Crippen LogP contribution in [0.15, 0.2) is 77.9 Å². The van der Waals surface area contributed by atoms with Gasteiger partial charge in [0.2, 0.25) is 5.13 Å². The third kappa shape index (κ3) is 4.45. The third-order valence-corrected chi connectivity index (χ3v) is 6.29. The summed E-state index contributed by atoms with van der Waals surface area (Å²) in [6.07, 6.45) is 0. The molecule has 0 amide bonds. The van der Waals surface area contributed by atoms with Crippen molar-refractivity contribution in [3.8, 4) is 21.7 Å². The van der Waals surface area contributed by atoms with E-state index in [1.165, 1.54) is 11.1 Å². The highest BCUT2D eigenvalue weighted by molar-refractivity contribution is 7.19. The Bertz CT molecular complexity index is 1200. The van der Waals surface area contributed by atoms with Crippen LogP contribution in [0.1, 0.15) is 23.6 Å². The minimum Gasteiger partial charge on any atom is -0.252 e. The van der Waals surface area contributed by atoms with Gasteiger partial charge in [-0.1, -0.05) is 77.5 Å². The van der Waals surface area contributed by atoms with Crippen LogP contribution in [0.25, 0.3) is 21.7 Å². The quantitative estimate of drug-likeness (QED) is 0.261. The number of aryl methyl sites for hydroxylation is 2. The molecule has 1 N–H and O–H groups in total. The maximum atomic E-state index is 5.98. The number of hydrazone groups is 1. The molecule has 4 aromatic rings. The van der Waals surface area contributed by atoms with Crippen LogP contribution < -0.4 is 5.43 Å². The average molecular weight is 432 g/mol. The van der Waals surface area contributed by atoms with Crippen molar-refractivity contribution in [2.45, 2.75) is 20.8 Å².